The van der Waals surface area contributed by atoms with E-state index in [1.165, 1.54) is 0 Å². The zero-order valence-corrected chi connectivity index (χ0v) is 17.9. The number of hydrogen-bond acceptors (Lipinski definition) is 5. The van der Waals surface area contributed by atoms with Gasteiger partial charge in [-0.15, -0.1) is 0 Å². The molecule has 3 aromatic carbocycles. The Balaban J connectivity index is 1.70. The molecule has 0 bridgehead atoms. The van der Waals surface area contributed by atoms with E-state index in [0.717, 1.165) is 6.26 Å². The molecule has 0 radical (unpaired) electrons. The van der Waals surface area contributed by atoms with Crippen LogP contribution in [0.25, 0.3) is 11.1 Å². The van der Waals surface area contributed by atoms with Crippen LogP contribution in [-0.4, -0.2) is 25.6 Å². The van der Waals surface area contributed by atoms with Gasteiger partial charge in [-0.25, -0.2) is 21.6 Å². The molecule has 0 amide bonds. The van der Waals surface area contributed by atoms with E-state index in [9.17, 15) is 31.7 Å². The third-order valence-corrected chi connectivity index (χ3v) is 5.82. The smallest absolute Gasteiger partial charge is 0.257 e. The lowest BCUT2D eigenvalue weighted by Crippen LogP contribution is -2.37. The highest BCUT2D eigenvalue weighted by molar-refractivity contribution is 7.92. The second kappa shape index (κ2) is 8.39. The van der Waals surface area contributed by atoms with Gasteiger partial charge in [-0.3, -0.25) is 14.8 Å². The first kappa shape index (κ1) is 22.6. The second-order valence-electron chi connectivity index (χ2n) is 7.66. The zero-order chi connectivity index (χ0) is 23.9. The summed E-state index contributed by atoms with van der Waals surface area (Å²) in [6, 6.07) is 10.9. The summed E-state index contributed by atoms with van der Waals surface area (Å²) >= 11 is 0. The van der Waals surface area contributed by atoms with Crippen molar-refractivity contribution in [3.8, 4) is 16.9 Å². The van der Waals surface area contributed by atoms with E-state index in [4.69, 9.17) is 4.74 Å². The molecule has 0 aliphatic carbocycles. The first-order chi connectivity index (χ1) is 15.5. The topological polar surface area (TPSA) is 98.5 Å². The number of nitro groups is 1. The van der Waals surface area contributed by atoms with Gasteiger partial charge in [0, 0.05) is 34.2 Å². The quantitative estimate of drug-likeness (QED) is 0.332. The fraction of sp³-hybridized carbons (Fsp3) is 0.182. The summed E-state index contributed by atoms with van der Waals surface area (Å²) in [4.78, 5) is 11.1. The highest BCUT2D eigenvalue weighted by Crippen LogP contribution is 2.39. The van der Waals surface area contributed by atoms with Crippen LogP contribution in [0, 0.1) is 27.6 Å². The van der Waals surface area contributed by atoms with Crippen molar-refractivity contribution in [1.82, 2.24) is 0 Å². The molecular weight excluding hydrogens is 461 g/mol. The summed E-state index contributed by atoms with van der Waals surface area (Å²) in [5, 5.41) is 11.7. The van der Waals surface area contributed by atoms with Crippen LogP contribution in [0.1, 0.15) is 17.2 Å². The number of ether oxygens (including phenoxy) is 1. The average Bonchev–Trinajstić information content (AvgIpc) is 2.74. The number of anilines is 1. The molecule has 1 aliphatic heterocycles. The van der Waals surface area contributed by atoms with Gasteiger partial charge < -0.3 is 4.74 Å². The molecule has 0 aromatic heterocycles. The molecule has 1 aliphatic rings. The third-order valence-electron chi connectivity index (χ3n) is 5.21. The predicted octanol–water partition coefficient (Wildman–Crippen LogP) is 4.46. The SMILES string of the molecule is CS(=O)(=O)Nc1cccc(-c2ccc3c(c2)CC([N+](=O)[O-])C(c2cc(F)c(F)cc2F)O3)c1. The molecule has 4 rings (SSSR count). The fourth-order valence-corrected chi connectivity index (χ4v) is 4.32. The van der Waals surface area contributed by atoms with Gasteiger partial charge in [0.25, 0.3) is 6.04 Å². The number of benzene rings is 3. The number of rotatable bonds is 5. The van der Waals surface area contributed by atoms with E-state index in [0.29, 0.717) is 34.5 Å². The molecule has 11 heteroatoms. The third kappa shape index (κ3) is 4.77. The van der Waals surface area contributed by atoms with Crippen LogP contribution in [0.15, 0.2) is 54.6 Å². The van der Waals surface area contributed by atoms with E-state index in [1.54, 1.807) is 42.5 Å². The summed E-state index contributed by atoms with van der Waals surface area (Å²) in [6.45, 7) is 0. The van der Waals surface area contributed by atoms with Gasteiger partial charge in [-0.05, 0) is 41.5 Å². The zero-order valence-electron chi connectivity index (χ0n) is 17.1. The molecule has 172 valence electrons. The molecule has 2 atom stereocenters. The molecule has 1 heterocycles. The number of nitrogens with zero attached hydrogens (tertiary/aromatic N) is 1. The summed E-state index contributed by atoms with van der Waals surface area (Å²) in [5.74, 6) is -3.62. The minimum atomic E-state index is -3.47. The van der Waals surface area contributed by atoms with Crippen LogP contribution in [0.2, 0.25) is 0 Å². The summed E-state index contributed by atoms with van der Waals surface area (Å²) in [7, 11) is -3.47. The monoisotopic (exact) mass is 478 g/mol. The summed E-state index contributed by atoms with van der Waals surface area (Å²) in [5.41, 5.74) is 1.67. The maximum Gasteiger partial charge on any atom is 0.257 e. The standard InChI is InChI=1S/C22H17F3N2O5S/c1-33(30,31)26-15-4-2-3-12(8-15)13-5-6-21-14(7-13)9-20(27(28)29)22(32-21)16-10-18(24)19(25)11-17(16)23/h2-8,10-11,20,22,26H,9H2,1H3. The lowest BCUT2D eigenvalue weighted by Gasteiger charge is -2.29. The maximum atomic E-state index is 14.3. The number of hydrogen-bond donors (Lipinski definition) is 1. The van der Waals surface area contributed by atoms with E-state index < -0.39 is 50.1 Å². The van der Waals surface area contributed by atoms with Gasteiger partial charge in [0.05, 0.1) is 6.26 Å². The normalized spacial score (nSPS) is 17.7. The van der Waals surface area contributed by atoms with Crippen molar-refractivity contribution >= 4 is 15.7 Å². The minimum absolute atomic E-state index is 0.138. The van der Waals surface area contributed by atoms with Crippen molar-refractivity contribution < 1.29 is 31.2 Å². The lowest BCUT2D eigenvalue weighted by atomic mass is 9.91. The van der Waals surface area contributed by atoms with Crippen molar-refractivity contribution in [2.75, 3.05) is 11.0 Å². The molecule has 0 saturated carbocycles. The van der Waals surface area contributed by atoms with E-state index in [-0.39, 0.29) is 12.2 Å². The van der Waals surface area contributed by atoms with Gasteiger partial charge in [-0.2, -0.15) is 0 Å². The predicted molar refractivity (Wildman–Crippen MR) is 115 cm³/mol. The Hall–Kier alpha value is -3.60. The molecule has 3 aromatic rings. The second-order valence-corrected chi connectivity index (χ2v) is 9.41. The van der Waals surface area contributed by atoms with Crippen LogP contribution in [0.4, 0.5) is 18.9 Å². The summed E-state index contributed by atoms with van der Waals surface area (Å²) in [6.07, 6.45) is -0.559. The molecule has 0 spiro atoms. The summed E-state index contributed by atoms with van der Waals surface area (Å²) < 4.78 is 72.4. The van der Waals surface area contributed by atoms with Crippen molar-refractivity contribution in [3.05, 3.63) is 93.3 Å². The van der Waals surface area contributed by atoms with Crippen molar-refractivity contribution in [2.24, 2.45) is 0 Å². The average molecular weight is 478 g/mol. The van der Waals surface area contributed by atoms with Gasteiger partial charge in [-0.1, -0.05) is 18.2 Å². The largest absolute Gasteiger partial charge is 0.478 e. The molecule has 0 fully saturated rings. The molecule has 2 unspecified atom stereocenters. The molecule has 33 heavy (non-hydrogen) atoms. The minimum Gasteiger partial charge on any atom is -0.478 e. The number of fused-ring (bicyclic) bond motifs is 1. The lowest BCUT2D eigenvalue weighted by molar-refractivity contribution is -0.535. The van der Waals surface area contributed by atoms with Crippen LogP contribution in [0.5, 0.6) is 5.75 Å². The Morgan fingerprint density at radius 1 is 1.00 bits per heavy atom. The highest BCUT2D eigenvalue weighted by atomic mass is 32.2. The molecule has 0 saturated heterocycles. The van der Waals surface area contributed by atoms with Crippen LogP contribution in [0.3, 0.4) is 0 Å². The van der Waals surface area contributed by atoms with Crippen LogP contribution in [-0.2, 0) is 16.4 Å². The Morgan fingerprint density at radius 2 is 1.70 bits per heavy atom. The van der Waals surface area contributed by atoms with E-state index >= 15 is 0 Å². The fourth-order valence-electron chi connectivity index (χ4n) is 3.77. The number of nitrogens with one attached hydrogen (secondary N) is 1. The van der Waals surface area contributed by atoms with Gasteiger partial charge in [0.15, 0.2) is 17.7 Å². The maximum absolute atomic E-state index is 14.3. The van der Waals surface area contributed by atoms with Crippen LogP contribution < -0.4 is 9.46 Å². The molecule has 1 N–H and O–H groups in total. The molecule has 7 nitrogen and oxygen atoms in total. The Morgan fingerprint density at radius 3 is 2.39 bits per heavy atom. The van der Waals surface area contributed by atoms with Crippen molar-refractivity contribution in [2.45, 2.75) is 18.6 Å². The Bertz CT molecular complexity index is 1360. The van der Waals surface area contributed by atoms with Gasteiger partial charge >= 0.3 is 0 Å². The number of sulfonamides is 1. The van der Waals surface area contributed by atoms with Crippen molar-refractivity contribution in [1.29, 1.82) is 0 Å². The van der Waals surface area contributed by atoms with Gasteiger partial charge in [0.2, 0.25) is 10.0 Å². The van der Waals surface area contributed by atoms with Crippen LogP contribution >= 0.6 is 0 Å². The highest BCUT2D eigenvalue weighted by Gasteiger charge is 2.41. The van der Waals surface area contributed by atoms with E-state index in [2.05, 4.69) is 4.72 Å². The van der Waals surface area contributed by atoms with Gasteiger partial charge in [0.1, 0.15) is 11.6 Å². The van der Waals surface area contributed by atoms with Crippen molar-refractivity contribution in [3.63, 3.8) is 0 Å². The molecular formula is C22H17F3N2O5S. The van der Waals surface area contributed by atoms with E-state index in [1.807, 2.05) is 0 Å². The first-order valence-electron chi connectivity index (χ1n) is 9.67. The first-order valence-corrected chi connectivity index (χ1v) is 11.6. The Labute approximate surface area is 187 Å². The Kier molecular flexibility index (Phi) is 5.75. The number of halogens is 3.